The topological polar surface area (TPSA) is 106 Å². The van der Waals surface area contributed by atoms with Crippen molar-refractivity contribution < 1.29 is 22.9 Å². The van der Waals surface area contributed by atoms with Gasteiger partial charge in [-0.2, -0.15) is 13.2 Å². The Morgan fingerprint density at radius 3 is 2.56 bits per heavy atom. The molecule has 1 N–H and O–H groups in total. The molecule has 2 heterocycles. The average Bonchev–Trinajstić information content (AvgIpc) is 3.51. The minimum Gasteiger partial charge on any atom is -0.341 e. The number of nitrogens with one attached hydrogen (secondary N) is 1. The monoisotopic (exact) mass is 470 g/mol. The number of thioether (sulfide) groups is 1. The van der Waals surface area contributed by atoms with E-state index in [2.05, 4.69) is 20.4 Å². The smallest absolute Gasteiger partial charge is 0.341 e. The minimum absolute atomic E-state index is 0.108. The third kappa shape index (κ3) is 4.97. The van der Waals surface area contributed by atoms with Crippen molar-refractivity contribution in [1.29, 1.82) is 0 Å². The van der Waals surface area contributed by atoms with Crippen molar-refractivity contribution in [2.75, 3.05) is 29.1 Å². The summed E-state index contributed by atoms with van der Waals surface area (Å²) in [6.07, 6.45) is 0.670. The second-order valence-electron chi connectivity index (χ2n) is 7.76. The first-order valence-electron chi connectivity index (χ1n) is 10.2. The summed E-state index contributed by atoms with van der Waals surface area (Å²) in [5.74, 6) is 0.111. The van der Waals surface area contributed by atoms with Gasteiger partial charge in [-0.05, 0) is 44.2 Å². The predicted molar refractivity (Wildman–Crippen MR) is 112 cm³/mol. The van der Waals surface area contributed by atoms with Gasteiger partial charge in [-0.25, -0.2) is 0 Å². The molecular formula is C19H21F3N6O3S. The van der Waals surface area contributed by atoms with Gasteiger partial charge < -0.3 is 10.2 Å². The number of nitrogens with zero attached hydrogens (tertiary/aromatic N) is 5. The highest BCUT2D eigenvalue weighted by Gasteiger charge is 2.34. The third-order valence-corrected chi connectivity index (χ3v) is 6.27. The standard InChI is InChI=1S/C19H21F3N6O3S/c20-19(21,22)12-4-7-14(15(10-12)28(30)31)23-16(29)11-32-18-25-24-17(27(18)13-5-6-13)26-8-2-1-3-9-26/h4,7,10,13H,1-3,5-6,8-9,11H2,(H,23,29). The van der Waals surface area contributed by atoms with Crippen LogP contribution in [0.15, 0.2) is 23.4 Å². The molecule has 1 aliphatic carbocycles. The van der Waals surface area contributed by atoms with E-state index in [1.54, 1.807) is 0 Å². The van der Waals surface area contributed by atoms with Gasteiger partial charge in [-0.1, -0.05) is 11.8 Å². The van der Waals surface area contributed by atoms with Crippen molar-refractivity contribution in [3.05, 3.63) is 33.9 Å². The molecule has 0 radical (unpaired) electrons. The van der Waals surface area contributed by atoms with Crippen LogP contribution in [0.3, 0.4) is 0 Å². The molecule has 2 aliphatic rings. The van der Waals surface area contributed by atoms with Gasteiger partial charge in [0.1, 0.15) is 5.69 Å². The Labute approximate surface area is 185 Å². The summed E-state index contributed by atoms with van der Waals surface area (Å²) in [5.41, 5.74) is -2.25. The molecule has 0 atom stereocenters. The van der Waals surface area contributed by atoms with Crippen molar-refractivity contribution in [2.45, 2.75) is 49.5 Å². The summed E-state index contributed by atoms with van der Waals surface area (Å²) in [7, 11) is 0. The summed E-state index contributed by atoms with van der Waals surface area (Å²) in [6, 6.07) is 2.30. The van der Waals surface area contributed by atoms with Crippen molar-refractivity contribution >= 4 is 35.0 Å². The Kier molecular flexibility index (Phi) is 6.26. The number of benzene rings is 1. The van der Waals surface area contributed by atoms with Crippen LogP contribution in [0, 0.1) is 10.1 Å². The zero-order valence-electron chi connectivity index (χ0n) is 17.0. The van der Waals surface area contributed by atoms with Crippen molar-refractivity contribution in [3.8, 4) is 0 Å². The van der Waals surface area contributed by atoms with E-state index in [9.17, 15) is 28.1 Å². The lowest BCUT2D eigenvalue weighted by Gasteiger charge is -2.27. The molecule has 1 amide bonds. The summed E-state index contributed by atoms with van der Waals surface area (Å²) in [5, 5.41) is 22.7. The summed E-state index contributed by atoms with van der Waals surface area (Å²) >= 11 is 1.15. The molecule has 1 aliphatic heterocycles. The quantitative estimate of drug-likeness (QED) is 0.366. The molecule has 1 aromatic heterocycles. The van der Waals surface area contributed by atoms with Crippen LogP contribution in [0.4, 0.5) is 30.5 Å². The Balaban J connectivity index is 1.45. The average molecular weight is 470 g/mol. The van der Waals surface area contributed by atoms with E-state index < -0.39 is 28.3 Å². The molecule has 1 saturated heterocycles. The number of carbonyl (C=O) groups is 1. The number of anilines is 2. The molecule has 4 rings (SSSR count). The first kappa shape index (κ1) is 22.4. The molecule has 0 bridgehead atoms. The normalized spacial score (nSPS) is 16.8. The van der Waals surface area contributed by atoms with Crippen LogP contribution in [0.2, 0.25) is 0 Å². The highest BCUT2D eigenvalue weighted by molar-refractivity contribution is 7.99. The molecule has 13 heteroatoms. The van der Waals surface area contributed by atoms with Crippen molar-refractivity contribution in [2.24, 2.45) is 0 Å². The number of aromatic nitrogens is 3. The summed E-state index contributed by atoms with van der Waals surface area (Å²) in [6.45, 7) is 1.82. The van der Waals surface area contributed by atoms with Crippen molar-refractivity contribution in [1.82, 2.24) is 14.8 Å². The maximum absolute atomic E-state index is 12.8. The third-order valence-electron chi connectivity index (χ3n) is 5.33. The fourth-order valence-corrected chi connectivity index (χ4v) is 4.41. The van der Waals surface area contributed by atoms with Gasteiger partial charge >= 0.3 is 6.18 Å². The second-order valence-corrected chi connectivity index (χ2v) is 8.70. The lowest BCUT2D eigenvalue weighted by molar-refractivity contribution is -0.384. The van der Waals surface area contributed by atoms with Gasteiger partial charge in [0.25, 0.3) is 5.69 Å². The zero-order chi connectivity index (χ0) is 22.9. The molecular weight excluding hydrogens is 449 g/mol. The van der Waals surface area contributed by atoms with Gasteiger partial charge in [0.05, 0.1) is 16.2 Å². The zero-order valence-corrected chi connectivity index (χ0v) is 17.8. The largest absolute Gasteiger partial charge is 0.416 e. The van der Waals surface area contributed by atoms with E-state index in [1.165, 1.54) is 6.42 Å². The molecule has 0 unspecified atom stereocenters. The highest BCUT2D eigenvalue weighted by atomic mass is 32.2. The number of nitro groups is 1. The number of alkyl halides is 3. The molecule has 1 saturated carbocycles. The molecule has 0 spiro atoms. The fraction of sp³-hybridized carbons (Fsp3) is 0.526. The van der Waals surface area contributed by atoms with E-state index >= 15 is 0 Å². The van der Waals surface area contributed by atoms with Crippen LogP contribution < -0.4 is 10.2 Å². The fourth-order valence-electron chi connectivity index (χ4n) is 3.61. The van der Waals surface area contributed by atoms with E-state index in [4.69, 9.17) is 0 Å². The Hall–Kier alpha value is -2.83. The first-order valence-corrected chi connectivity index (χ1v) is 11.2. The Morgan fingerprint density at radius 2 is 1.94 bits per heavy atom. The van der Waals surface area contributed by atoms with Crippen LogP contribution in [-0.4, -0.2) is 44.4 Å². The first-order chi connectivity index (χ1) is 15.2. The number of halogens is 3. The minimum atomic E-state index is -4.72. The highest BCUT2D eigenvalue weighted by Crippen LogP contribution is 2.41. The van der Waals surface area contributed by atoms with Crippen LogP contribution in [-0.2, 0) is 11.0 Å². The summed E-state index contributed by atoms with van der Waals surface area (Å²) < 4.78 is 40.6. The van der Waals surface area contributed by atoms with Crippen LogP contribution in [0.25, 0.3) is 0 Å². The lowest BCUT2D eigenvalue weighted by Crippen LogP contribution is -2.32. The van der Waals surface area contributed by atoms with Crippen LogP contribution in [0.5, 0.6) is 0 Å². The number of rotatable bonds is 7. The van der Waals surface area contributed by atoms with E-state index in [1.807, 2.05) is 4.57 Å². The predicted octanol–water partition coefficient (Wildman–Crippen LogP) is 4.26. The molecule has 1 aromatic carbocycles. The summed E-state index contributed by atoms with van der Waals surface area (Å²) in [4.78, 5) is 24.8. The second kappa shape index (κ2) is 8.96. The molecule has 172 valence electrons. The van der Waals surface area contributed by atoms with Gasteiger partial charge in [0.2, 0.25) is 11.9 Å². The van der Waals surface area contributed by atoms with E-state index in [-0.39, 0.29) is 11.4 Å². The van der Waals surface area contributed by atoms with Gasteiger partial charge in [0, 0.05) is 25.2 Å². The molecule has 2 fully saturated rings. The molecule has 2 aromatic rings. The SMILES string of the molecule is O=C(CSc1nnc(N2CCCCC2)n1C1CC1)Nc1ccc(C(F)(F)F)cc1[N+](=O)[O-]. The van der Waals surface area contributed by atoms with Crippen molar-refractivity contribution in [3.63, 3.8) is 0 Å². The number of amides is 1. The van der Waals surface area contributed by atoms with Gasteiger partial charge in [-0.3, -0.25) is 19.5 Å². The maximum atomic E-state index is 12.8. The molecule has 32 heavy (non-hydrogen) atoms. The maximum Gasteiger partial charge on any atom is 0.416 e. The number of hydrogen-bond acceptors (Lipinski definition) is 7. The number of nitro benzene ring substituents is 1. The van der Waals surface area contributed by atoms with Crippen LogP contribution in [0.1, 0.15) is 43.7 Å². The number of piperidine rings is 1. The number of hydrogen-bond donors (Lipinski definition) is 1. The van der Waals surface area contributed by atoms with Gasteiger partial charge in [0.15, 0.2) is 5.16 Å². The Bertz CT molecular complexity index is 1020. The Morgan fingerprint density at radius 1 is 1.22 bits per heavy atom. The van der Waals surface area contributed by atoms with E-state index in [0.29, 0.717) is 23.3 Å². The number of carbonyl (C=O) groups excluding carboxylic acids is 1. The van der Waals surface area contributed by atoms with Crippen LogP contribution >= 0.6 is 11.8 Å². The molecule has 9 nitrogen and oxygen atoms in total. The van der Waals surface area contributed by atoms with E-state index in [0.717, 1.165) is 62.5 Å². The lowest BCUT2D eigenvalue weighted by atomic mass is 10.1. The van der Waals surface area contributed by atoms with Gasteiger partial charge in [-0.15, -0.1) is 10.2 Å².